The summed E-state index contributed by atoms with van der Waals surface area (Å²) in [5, 5.41) is 20.3. The lowest BCUT2D eigenvalue weighted by atomic mass is 9.90. The van der Waals surface area contributed by atoms with E-state index in [1.807, 2.05) is 12.1 Å². The standard InChI is InChI=1S/C14H8Br2O4/c15-7-1-5-3-19-14-10-6(2-8(16)12(14)18)4-20-13(9(5)10)11(7)17/h1-2,17-18H,3-4H2. The number of benzene rings is 2. The van der Waals surface area contributed by atoms with Crippen LogP contribution in [0.4, 0.5) is 0 Å². The molecular formula is C14H8Br2O4. The van der Waals surface area contributed by atoms with Crippen LogP contribution in [0.1, 0.15) is 11.1 Å². The average Bonchev–Trinajstić information content (AvgIpc) is 2.44. The molecule has 2 N–H and O–H groups in total. The lowest BCUT2D eigenvalue weighted by Crippen LogP contribution is -2.15. The van der Waals surface area contributed by atoms with Crippen LogP contribution in [-0.4, -0.2) is 10.2 Å². The van der Waals surface area contributed by atoms with Crippen molar-refractivity contribution < 1.29 is 19.7 Å². The number of halogens is 2. The summed E-state index contributed by atoms with van der Waals surface area (Å²) in [4.78, 5) is 0. The number of rotatable bonds is 0. The van der Waals surface area contributed by atoms with Gasteiger partial charge in [0.2, 0.25) is 0 Å². The molecule has 2 heterocycles. The first-order valence-corrected chi connectivity index (χ1v) is 7.51. The van der Waals surface area contributed by atoms with Crippen molar-refractivity contribution in [2.75, 3.05) is 0 Å². The van der Waals surface area contributed by atoms with Gasteiger partial charge in [-0.2, -0.15) is 0 Å². The van der Waals surface area contributed by atoms with Gasteiger partial charge in [0.05, 0.1) is 8.95 Å². The molecule has 0 atom stereocenters. The maximum Gasteiger partial charge on any atom is 0.172 e. The Morgan fingerprint density at radius 3 is 1.60 bits per heavy atom. The van der Waals surface area contributed by atoms with Gasteiger partial charge in [-0.1, -0.05) is 0 Å². The van der Waals surface area contributed by atoms with Crippen LogP contribution < -0.4 is 9.47 Å². The van der Waals surface area contributed by atoms with E-state index in [1.165, 1.54) is 0 Å². The summed E-state index contributed by atoms with van der Waals surface area (Å²) in [5.74, 6) is 1.02. The third-order valence-corrected chi connectivity index (χ3v) is 4.78. The second-order valence-electron chi connectivity index (χ2n) is 4.72. The fraction of sp³-hybridized carbons (Fsp3) is 0.143. The SMILES string of the molecule is Oc1c(Br)cc2c3c1OCc1cc(Br)c(O)c(c1-3)OC2. The molecule has 4 nitrogen and oxygen atoms in total. The highest BCUT2D eigenvalue weighted by Gasteiger charge is 2.33. The molecule has 6 heteroatoms. The zero-order chi connectivity index (χ0) is 14.0. The van der Waals surface area contributed by atoms with E-state index in [-0.39, 0.29) is 11.5 Å². The van der Waals surface area contributed by atoms with Crippen LogP contribution in [0.3, 0.4) is 0 Å². The van der Waals surface area contributed by atoms with Crippen molar-refractivity contribution in [3.8, 4) is 34.1 Å². The average molecular weight is 400 g/mol. The molecule has 0 saturated carbocycles. The number of phenolic OH excluding ortho intramolecular Hbond substituents is 2. The fourth-order valence-corrected chi connectivity index (χ4v) is 3.60. The van der Waals surface area contributed by atoms with E-state index in [0.717, 1.165) is 22.3 Å². The molecule has 0 aromatic heterocycles. The maximum atomic E-state index is 10.1. The molecule has 102 valence electrons. The molecule has 0 spiro atoms. The Hall–Kier alpha value is -1.40. The van der Waals surface area contributed by atoms with E-state index < -0.39 is 0 Å². The molecule has 0 aliphatic carbocycles. The predicted molar refractivity (Wildman–Crippen MR) is 79.3 cm³/mol. The molecule has 20 heavy (non-hydrogen) atoms. The van der Waals surface area contributed by atoms with Gasteiger partial charge in [-0.25, -0.2) is 0 Å². The lowest BCUT2D eigenvalue weighted by molar-refractivity contribution is 0.260. The number of phenols is 2. The second kappa shape index (κ2) is 4.05. The first-order chi connectivity index (χ1) is 9.58. The van der Waals surface area contributed by atoms with Gasteiger partial charge in [-0.3, -0.25) is 0 Å². The highest BCUT2D eigenvalue weighted by Crippen LogP contribution is 2.56. The van der Waals surface area contributed by atoms with Crippen LogP contribution in [0.5, 0.6) is 23.0 Å². The topological polar surface area (TPSA) is 58.9 Å². The molecule has 0 saturated heterocycles. The van der Waals surface area contributed by atoms with E-state index in [2.05, 4.69) is 31.9 Å². The molecule has 2 aromatic rings. The molecule has 2 aliphatic rings. The van der Waals surface area contributed by atoms with E-state index in [0.29, 0.717) is 33.7 Å². The third-order valence-electron chi connectivity index (χ3n) is 3.57. The maximum absolute atomic E-state index is 10.1. The Labute approximate surface area is 131 Å². The minimum Gasteiger partial charge on any atom is -0.503 e. The number of ether oxygens (including phenoxy) is 2. The van der Waals surface area contributed by atoms with E-state index in [4.69, 9.17) is 9.47 Å². The van der Waals surface area contributed by atoms with Crippen LogP contribution in [0.25, 0.3) is 11.1 Å². The summed E-state index contributed by atoms with van der Waals surface area (Å²) in [7, 11) is 0. The molecular weight excluding hydrogens is 392 g/mol. The van der Waals surface area contributed by atoms with E-state index in [1.54, 1.807) is 0 Å². The first-order valence-electron chi connectivity index (χ1n) is 5.92. The normalized spacial score (nSPS) is 14.3. The highest BCUT2D eigenvalue weighted by molar-refractivity contribution is 9.10. The monoisotopic (exact) mass is 398 g/mol. The van der Waals surface area contributed by atoms with Crippen molar-refractivity contribution >= 4 is 31.9 Å². The largest absolute Gasteiger partial charge is 0.503 e. The zero-order valence-electron chi connectivity index (χ0n) is 10.0. The Morgan fingerprint density at radius 1 is 0.800 bits per heavy atom. The van der Waals surface area contributed by atoms with Crippen molar-refractivity contribution in [1.82, 2.24) is 0 Å². The highest BCUT2D eigenvalue weighted by atomic mass is 79.9. The first kappa shape index (κ1) is 12.3. The minimum absolute atomic E-state index is 0.0738. The van der Waals surface area contributed by atoms with Gasteiger partial charge >= 0.3 is 0 Å². The summed E-state index contributed by atoms with van der Waals surface area (Å²) in [6.45, 7) is 0.641. The molecule has 0 fully saturated rings. The van der Waals surface area contributed by atoms with Crippen LogP contribution in [-0.2, 0) is 13.2 Å². The molecule has 2 aromatic carbocycles. The van der Waals surface area contributed by atoms with Gasteiger partial charge in [-0.15, -0.1) is 0 Å². The van der Waals surface area contributed by atoms with Crippen molar-refractivity contribution in [3.05, 3.63) is 32.2 Å². The molecule has 2 aliphatic heterocycles. The summed E-state index contributed by atoms with van der Waals surface area (Å²) in [6, 6.07) is 3.63. The van der Waals surface area contributed by atoms with Gasteiger partial charge in [0.1, 0.15) is 13.2 Å². The van der Waals surface area contributed by atoms with E-state index >= 15 is 0 Å². The Morgan fingerprint density at radius 2 is 1.20 bits per heavy atom. The number of hydrogen-bond acceptors (Lipinski definition) is 4. The minimum atomic E-state index is 0.0738. The van der Waals surface area contributed by atoms with Gasteiger partial charge in [0, 0.05) is 22.3 Å². The van der Waals surface area contributed by atoms with Crippen molar-refractivity contribution in [3.63, 3.8) is 0 Å². The van der Waals surface area contributed by atoms with Gasteiger partial charge in [0.25, 0.3) is 0 Å². The molecule has 0 bridgehead atoms. The van der Waals surface area contributed by atoms with Crippen molar-refractivity contribution in [1.29, 1.82) is 0 Å². The summed E-state index contributed by atoms with van der Waals surface area (Å²) < 4.78 is 12.5. The second-order valence-corrected chi connectivity index (χ2v) is 6.43. The van der Waals surface area contributed by atoms with Crippen LogP contribution in [0.15, 0.2) is 21.1 Å². The fourth-order valence-electron chi connectivity index (χ4n) is 2.69. The smallest absolute Gasteiger partial charge is 0.172 e. The van der Waals surface area contributed by atoms with E-state index in [9.17, 15) is 10.2 Å². The predicted octanol–water partition coefficient (Wildman–Crippen LogP) is 4.07. The van der Waals surface area contributed by atoms with Crippen LogP contribution in [0, 0.1) is 0 Å². The van der Waals surface area contributed by atoms with Gasteiger partial charge in [0.15, 0.2) is 23.0 Å². The van der Waals surface area contributed by atoms with Crippen LogP contribution in [0.2, 0.25) is 0 Å². The van der Waals surface area contributed by atoms with Gasteiger partial charge < -0.3 is 19.7 Å². The summed E-state index contributed by atoms with van der Waals surface area (Å²) in [6.07, 6.45) is 0. The molecule has 4 rings (SSSR count). The van der Waals surface area contributed by atoms with Crippen LogP contribution >= 0.6 is 31.9 Å². The summed E-state index contributed by atoms with van der Waals surface area (Å²) in [5.41, 5.74) is 3.44. The summed E-state index contributed by atoms with van der Waals surface area (Å²) >= 11 is 6.62. The molecule has 0 radical (unpaired) electrons. The van der Waals surface area contributed by atoms with Crippen molar-refractivity contribution in [2.24, 2.45) is 0 Å². The third kappa shape index (κ3) is 1.46. The van der Waals surface area contributed by atoms with Crippen molar-refractivity contribution in [2.45, 2.75) is 13.2 Å². The Balaban J connectivity index is 2.15. The Kier molecular flexibility index (Phi) is 2.50. The number of aromatic hydroxyl groups is 2. The van der Waals surface area contributed by atoms with Gasteiger partial charge in [-0.05, 0) is 44.0 Å². The Bertz CT molecular complexity index is 705. The molecule has 0 amide bonds. The zero-order valence-corrected chi connectivity index (χ0v) is 13.2. The molecule has 0 unspecified atom stereocenters. The quantitative estimate of drug-likeness (QED) is 0.700. The number of hydrogen-bond donors (Lipinski definition) is 2. The lowest BCUT2D eigenvalue weighted by Gasteiger charge is -2.30.